The number of nitrogen functional groups attached to an aromatic ring is 1. The van der Waals surface area contributed by atoms with Crippen LogP contribution in [0.25, 0.3) is 5.70 Å². The van der Waals surface area contributed by atoms with Crippen LogP contribution in [0.1, 0.15) is 25.8 Å². The Hall–Kier alpha value is -1.57. The summed E-state index contributed by atoms with van der Waals surface area (Å²) in [5.74, 6) is 0. The van der Waals surface area contributed by atoms with Gasteiger partial charge in [0, 0.05) is 23.4 Å². The van der Waals surface area contributed by atoms with E-state index in [1.54, 1.807) is 0 Å². The van der Waals surface area contributed by atoms with Crippen LogP contribution in [-0.2, 0) is 0 Å². The number of benzene rings is 1. The lowest BCUT2D eigenvalue weighted by atomic mass is 10.1. The summed E-state index contributed by atoms with van der Waals surface area (Å²) >= 11 is 0. The standard InChI is InChI=1S/C12H14N2/c1-8-7-9(2)14-12(8)10-3-5-11(13)6-4-10/h3-6H,7,13H2,1-2H3. The maximum Gasteiger partial charge on any atom is 0.0694 e. The average Bonchev–Trinajstić information content (AvgIpc) is 2.47. The zero-order chi connectivity index (χ0) is 10.1. The first-order chi connectivity index (χ1) is 6.66. The van der Waals surface area contributed by atoms with Crippen molar-refractivity contribution in [1.29, 1.82) is 0 Å². The van der Waals surface area contributed by atoms with Gasteiger partial charge in [-0.15, -0.1) is 0 Å². The largest absolute Gasteiger partial charge is 0.399 e. The molecule has 1 aromatic rings. The number of nitrogens with zero attached hydrogens (tertiary/aromatic N) is 1. The minimum atomic E-state index is 0.797. The van der Waals surface area contributed by atoms with Crippen molar-refractivity contribution in [2.45, 2.75) is 20.3 Å². The van der Waals surface area contributed by atoms with E-state index in [4.69, 9.17) is 5.73 Å². The van der Waals surface area contributed by atoms with Crippen LogP contribution in [0.2, 0.25) is 0 Å². The van der Waals surface area contributed by atoms with Crippen molar-refractivity contribution in [2.24, 2.45) is 4.99 Å². The summed E-state index contributed by atoms with van der Waals surface area (Å²) in [5.41, 5.74) is 11.2. The molecule has 2 N–H and O–H groups in total. The number of aliphatic imine (C=N–C) groups is 1. The maximum atomic E-state index is 5.64. The topological polar surface area (TPSA) is 38.4 Å². The van der Waals surface area contributed by atoms with Crippen molar-refractivity contribution in [2.75, 3.05) is 5.73 Å². The molecule has 0 unspecified atom stereocenters. The fraction of sp³-hybridized carbons (Fsp3) is 0.250. The molecule has 0 saturated heterocycles. The monoisotopic (exact) mass is 186 g/mol. The molecule has 0 aliphatic carbocycles. The Morgan fingerprint density at radius 3 is 2.29 bits per heavy atom. The number of hydrogen-bond acceptors (Lipinski definition) is 2. The lowest BCUT2D eigenvalue weighted by molar-refractivity contribution is 1.30. The van der Waals surface area contributed by atoms with Gasteiger partial charge in [-0.2, -0.15) is 0 Å². The molecule has 1 aliphatic rings. The first kappa shape index (κ1) is 9.00. The van der Waals surface area contributed by atoms with E-state index in [0.717, 1.165) is 23.4 Å². The summed E-state index contributed by atoms with van der Waals surface area (Å²) in [6.07, 6.45) is 1.000. The minimum Gasteiger partial charge on any atom is -0.399 e. The molecule has 72 valence electrons. The maximum absolute atomic E-state index is 5.64. The Kier molecular flexibility index (Phi) is 2.12. The summed E-state index contributed by atoms with van der Waals surface area (Å²) in [4.78, 5) is 4.52. The second-order valence-corrected chi connectivity index (χ2v) is 3.77. The van der Waals surface area contributed by atoms with E-state index in [-0.39, 0.29) is 0 Å². The average molecular weight is 186 g/mol. The van der Waals surface area contributed by atoms with Gasteiger partial charge in [0.2, 0.25) is 0 Å². The number of rotatable bonds is 1. The van der Waals surface area contributed by atoms with E-state index in [1.807, 2.05) is 24.3 Å². The molecule has 0 aromatic heterocycles. The zero-order valence-electron chi connectivity index (χ0n) is 8.54. The molecule has 0 saturated carbocycles. The van der Waals surface area contributed by atoms with Crippen LogP contribution in [0.4, 0.5) is 5.69 Å². The summed E-state index contributed by atoms with van der Waals surface area (Å²) in [6, 6.07) is 7.88. The second-order valence-electron chi connectivity index (χ2n) is 3.77. The lowest BCUT2D eigenvalue weighted by Crippen LogP contribution is -1.86. The van der Waals surface area contributed by atoms with E-state index >= 15 is 0 Å². The van der Waals surface area contributed by atoms with Crippen LogP contribution in [0.5, 0.6) is 0 Å². The van der Waals surface area contributed by atoms with Gasteiger partial charge < -0.3 is 5.73 Å². The van der Waals surface area contributed by atoms with Gasteiger partial charge in [0.05, 0.1) is 5.70 Å². The highest BCUT2D eigenvalue weighted by Gasteiger charge is 2.12. The minimum absolute atomic E-state index is 0.797. The van der Waals surface area contributed by atoms with Crippen molar-refractivity contribution in [3.8, 4) is 0 Å². The molecule has 0 radical (unpaired) electrons. The molecule has 0 spiro atoms. The highest BCUT2D eigenvalue weighted by atomic mass is 14.8. The summed E-state index contributed by atoms with van der Waals surface area (Å²) in [7, 11) is 0. The third-order valence-electron chi connectivity index (χ3n) is 2.41. The summed E-state index contributed by atoms with van der Waals surface area (Å²) in [6.45, 7) is 4.19. The molecule has 2 nitrogen and oxygen atoms in total. The molecule has 0 fully saturated rings. The van der Waals surface area contributed by atoms with Gasteiger partial charge in [-0.3, -0.25) is 4.99 Å². The van der Waals surface area contributed by atoms with Crippen molar-refractivity contribution < 1.29 is 0 Å². The van der Waals surface area contributed by atoms with E-state index in [1.165, 1.54) is 11.3 Å². The number of hydrogen-bond donors (Lipinski definition) is 1. The highest BCUT2D eigenvalue weighted by Crippen LogP contribution is 2.28. The first-order valence-electron chi connectivity index (χ1n) is 4.76. The van der Waals surface area contributed by atoms with Crippen LogP contribution in [-0.4, -0.2) is 5.71 Å². The number of nitrogens with two attached hydrogens (primary N) is 1. The fourth-order valence-electron chi connectivity index (χ4n) is 1.75. The van der Waals surface area contributed by atoms with Crippen LogP contribution >= 0.6 is 0 Å². The first-order valence-corrected chi connectivity index (χ1v) is 4.76. The fourth-order valence-corrected chi connectivity index (χ4v) is 1.75. The zero-order valence-corrected chi connectivity index (χ0v) is 8.54. The summed E-state index contributed by atoms with van der Waals surface area (Å²) in [5, 5.41) is 0. The Morgan fingerprint density at radius 1 is 1.14 bits per heavy atom. The molecule has 2 rings (SSSR count). The quantitative estimate of drug-likeness (QED) is 0.673. The molecular formula is C12H14N2. The van der Waals surface area contributed by atoms with Crippen molar-refractivity contribution in [3.05, 3.63) is 35.4 Å². The third kappa shape index (κ3) is 1.55. The number of allylic oxidation sites excluding steroid dienone is 1. The SMILES string of the molecule is CC1=NC(c2ccc(N)cc2)=C(C)C1. The molecule has 0 amide bonds. The molecule has 1 heterocycles. The molecule has 0 bridgehead atoms. The molecule has 1 aliphatic heterocycles. The van der Waals surface area contributed by atoms with Crippen LogP contribution in [0.15, 0.2) is 34.8 Å². The predicted octanol–water partition coefficient (Wildman–Crippen LogP) is 2.86. The van der Waals surface area contributed by atoms with Gasteiger partial charge in [0.25, 0.3) is 0 Å². The number of anilines is 1. The van der Waals surface area contributed by atoms with E-state index in [0.29, 0.717) is 0 Å². The molecule has 0 atom stereocenters. The van der Waals surface area contributed by atoms with Crippen molar-refractivity contribution in [3.63, 3.8) is 0 Å². The predicted molar refractivity (Wildman–Crippen MR) is 61.2 cm³/mol. The van der Waals surface area contributed by atoms with Gasteiger partial charge in [0.1, 0.15) is 0 Å². The molecule has 2 heteroatoms. The molecular weight excluding hydrogens is 172 g/mol. The third-order valence-corrected chi connectivity index (χ3v) is 2.41. The second kappa shape index (κ2) is 3.29. The van der Waals surface area contributed by atoms with E-state index in [9.17, 15) is 0 Å². The molecule has 14 heavy (non-hydrogen) atoms. The van der Waals surface area contributed by atoms with Crippen molar-refractivity contribution in [1.82, 2.24) is 0 Å². The Balaban J connectivity index is 2.41. The summed E-state index contributed by atoms with van der Waals surface area (Å²) < 4.78 is 0. The van der Waals surface area contributed by atoms with Crippen LogP contribution in [0, 0.1) is 0 Å². The Labute approximate surface area is 84.2 Å². The Morgan fingerprint density at radius 2 is 1.79 bits per heavy atom. The highest BCUT2D eigenvalue weighted by molar-refractivity contribution is 5.96. The van der Waals surface area contributed by atoms with Crippen molar-refractivity contribution >= 4 is 17.1 Å². The normalized spacial score (nSPS) is 16.0. The Bertz CT molecular complexity index is 410. The van der Waals surface area contributed by atoms with Crippen LogP contribution < -0.4 is 5.73 Å². The van der Waals surface area contributed by atoms with Gasteiger partial charge in [-0.25, -0.2) is 0 Å². The van der Waals surface area contributed by atoms with E-state index < -0.39 is 0 Å². The lowest BCUT2D eigenvalue weighted by Gasteiger charge is -2.01. The van der Waals surface area contributed by atoms with Gasteiger partial charge >= 0.3 is 0 Å². The smallest absolute Gasteiger partial charge is 0.0694 e. The van der Waals surface area contributed by atoms with Gasteiger partial charge in [-0.05, 0) is 31.6 Å². The molecule has 1 aromatic carbocycles. The van der Waals surface area contributed by atoms with Crippen LogP contribution in [0.3, 0.4) is 0 Å². The van der Waals surface area contributed by atoms with E-state index in [2.05, 4.69) is 18.8 Å². The van der Waals surface area contributed by atoms with Gasteiger partial charge in [-0.1, -0.05) is 12.1 Å². The van der Waals surface area contributed by atoms with Gasteiger partial charge in [0.15, 0.2) is 0 Å².